The molecule has 0 spiro atoms. The number of anilines is 1. The molecule has 1 N–H and O–H groups in total. The SMILES string of the molecule is COc1ccc(N2CC(C)CN3C4C(=O)N(Cc5cccc(Cl)c5)C(=O)N(C)C4NC23)cc1. The van der Waals surface area contributed by atoms with E-state index in [2.05, 4.69) is 22.0 Å². The lowest BCUT2D eigenvalue weighted by Crippen LogP contribution is -2.66. The minimum absolute atomic E-state index is 0.179. The summed E-state index contributed by atoms with van der Waals surface area (Å²) in [6.45, 7) is 4.00. The zero-order valence-electron chi connectivity index (χ0n) is 18.9. The van der Waals surface area contributed by atoms with E-state index in [1.54, 1.807) is 31.2 Å². The highest BCUT2D eigenvalue weighted by molar-refractivity contribution is 6.30. The number of hydrogen-bond acceptors (Lipinski definition) is 6. The highest BCUT2D eigenvalue weighted by Crippen LogP contribution is 2.35. The number of halogens is 1. The first-order valence-electron chi connectivity index (χ1n) is 11.1. The van der Waals surface area contributed by atoms with Gasteiger partial charge in [-0.15, -0.1) is 0 Å². The summed E-state index contributed by atoms with van der Waals surface area (Å²) >= 11 is 6.12. The highest BCUT2D eigenvalue weighted by Gasteiger charge is 2.56. The fraction of sp³-hybridized carbons (Fsp3) is 0.417. The molecule has 9 heteroatoms. The number of amides is 3. The lowest BCUT2D eigenvalue weighted by Gasteiger charge is -2.46. The second kappa shape index (κ2) is 8.52. The molecule has 5 rings (SSSR count). The van der Waals surface area contributed by atoms with Gasteiger partial charge in [0.15, 0.2) is 0 Å². The predicted octanol–water partition coefficient (Wildman–Crippen LogP) is 2.78. The van der Waals surface area contributed by atoms with Crippen LogP contribution in [0, 0.1) is 5.92 Å². The van der Waals surface area contributed by atoms with E-state index in [0.29, 0.717) is 10.9 Å². The number of fused-ring (bicyclic) bond motifs is 3. The van der Waals surface area contributed by atoms with Crippen LogP contribution in [0.1, 0.15) is 12.5 Å². The van der Waals surface area contributed by atoms with Crippen LogP contribution in [-0.2, 0) is 11.3 Å². The Morgan fingerprint density at radius 1 is 1.12 bits per heavy atom. The number of ether oxygens (including phenoxy) is 1. The van der Waals surface area contributed by atoms with Gasteiger partial charge in [0.05, 0.1) is 13.7 Å². The van der Waals surface area contributed by atoms with Gasteiger partial charge in [0, 0.05) is 30.8 Å². The fourth-order valence-corrected chi connectivity index (χ4v) is 5.37. The summed E-state index contributed by atoms with van der Waals surface area (Å²) in [5.41, 5.74) is 1.87. The number of carbonyl (C=O) groups excluding carboxylic acids is 2. The van der Waals surface area contributed by atoms with Gasteiger partial charge in [0.1, 0.15) is 24.2 Å². The smallest absolute Gasteiger partial charge is 0.328 e. The molecule has 2 aromatic carbocycles. The van der Waals surface area contributed by atoms with Crippen molar-refractivity contribution >= 4 is 29.2 Å². The average Bonchev–Trinajstić information content (AvgIpc) is 3.19. The third kappa shape index (κ3) is 3.82. The largest absolute Gasteiger partial charge is 0.497 e. The predicted molar refractivity (Wildman–Crippen MR) is 126 cm³/mol. The topological polar surface area (TPSA) is 68.4 Å². The van der Waals surface area contributed by atoms with Crippen molar-refractivity contribution < 1.29 is 14.3 Å². The zero-order chi connectivity index (χ0) is 23.3. The van der Waals surface area contributed by atoms with Crippen molar-refractivity contribution in [3.63, 3.8) is 0 Å². The van der Waals surface area contributed by atoms with Crippen LogP contribution >= 0.6 is 11.6 Å². The van der Waals surface area contributed by atoms with Crippen molar-refractivity contribution in [3.05, 3.63) is 59.1 Å². The van der Waals surface area contributed by atoms with Gasteiger partial charge in [-0.3, -0.25) is 19.9 Å². The monoisotopic (exact) mass is 469 g/mol. The summed E-state index contributed by atoms with van der Waals surface area (Å²) in [5, 5.41) is 4.14. The van der Waals surface area contributed by atoms with E-state index >= 15 is 0 Å². The van der Waals surface area contributed by atoms with Crippen LogP contribution in [-0.4, -0.2) is 72.4 Å². The second-order valence-corrected chi connectivity index (χ2v) is 9.47. The van der Waals surface area contributed by atoms with Gasteiger partial charge in [-0.1, -0.05) is 30.7 Å². The molecule has 0 aliphatic carbocycles. The number of nitrogens with one attached hydrogen (secondary N) is 1. The van der Waals surface area contributed by atoms with E-state index in [9.17, 15) is 9.59 Å². The number of methoxy groups -OCH3 is 1. The Kier molecular flexibility index (Phi) is 5.68. The molecule has 0 aromatic heterocycles. The molecule has 3 heterocycles. The molecule has 3 aliphatic heterocycles. The van der Waals surface area contributed by atoms with Gasteiger partial charge in [-0.05, 0) is 47.9 Å². The van der Waals surface area contributed by atoms with Crippen LogP contribution in [0.25, 0.3) is 0 Å². The Morgan fingerprint density at radius 3 is 2.58 bits per heavy atom. The molecule has 4 unspecified atom stereocenters. The van der Waals surface area contributed by atoms with Gasteiger partial charge in [-0.25, -0.2) is 4.79 Å². The zero-order valence-corrected chi connectivity index (χ0v) is 19.7. The van der Waals surface area contributed by atoms with Gasteiger partial charge in [0.2, 0.25) is 0 Å². The van der Waals surface area contributed by atoms with E-state index in [0.717, 1.165) is 30.1 Å². The first-order valence-corrected chi connectivity index (χ1v) is 11.5. The number of urea groups is 1. The molecular formula is C24H28ClN5O3. The first kappa shape index (κ1) is 22.0. The maximum atomic E-state index is 13.7. The Bertz CT molecular complexity index is 1060. The second-order valence-electron chi connectivity index (χ2n) is 9.03. The molecule has 33 heavy (non-hydrogen) atoms. The number of rotatable bonds is 4. The van der Waals surface area contributed by atoms with Crippen LogP contribution in [0.15, 0.2) is 48.5 Å². The lowest BCUT2D eigenvalue weighted by molar-refractivity contribution is -0.139. The molecule has 174 valence electrons. The van der Waals surface area contributed by atoms with E-state index in [1.807, 2.05) is 36.4 Å². The van der Waals surface area contributed by atoms with Crippen LogP contribution in [0.4, 0.5) is 10.5 Å². The number of benzene rings is 2. The number of likely N-dealkylation sites (N-methyl/N-ethyl adjacent to an activating group) is 1. The van der Waals surface area contributed by atoms with Gasteiger partial charge < -0.3 is 14.5 Å². The van der Waals surface area contributed by atoms with Crippen molar-refractivity contribution in [3.8, 4) is 5.75 Å². The summed E-state index contributed by atoms with van der Waals surface area (Å²) < 4.78 is 5.30. The Morgan fingerprint density at radius 2 is 1.88 bits per heavy atom. The van der Waals surface area contributed by atoms with Crippen LogP contribution < -0.4 is 15.0 Å². The van der Waals surface area contributed by atoms with Crippen molar-refractivity contribution in [2.75, 3.05) is 32.1 Å². The van der Waals surface area contributed by atoms with E-state index in [-0.39, 0.29) is 24.8 Å². The number of hydrogen-bond donors (Lipinski definition) is 1. The van der Waals surface area contributed by atoms with Crippen molar-refractivity contribution in [2.45, 2.75) is 32.0 Å². The fourth-order valence-electron chi connectivity index (χ4n) is 5.16. The van der Waals surface area contributed by atoms with Crippen molar-refractivity contribution in [1.82, 2.24) is 20.0 Å². The van der Waals surface area contributed by atoms with Crippen molar-refractivity contribution in [2.24, 2.45) is 5.92 Å². The summed E-state index contributed by atoms with van der Waals surface area (Å²) in [6, 6.07) is 14.4. The van der Waals surface area contributed by atoms with Gasteiger partial charge in [0.25, 0.3) is 5.91 Å². The summed E-state index contributed by atoms with van der Waals surface area (Å²) in [5.74, 6) is 0.966. The van der Waals surface area contributed by atoms with E-state index < -0.39 is 12.2 Å². The molecular weight excluding hydrogens is 442 g/mol. The maximum absolute atomic E-state index is 13.7. The van der Waals surface area contributed by atoms with Gasteiger partial charge >= 0.3 is 6.03 Å². The Hall–Kier alpha value is -2.81. The van der Waals surface area contributed by atoms with Crippen LogP contribution in [0.2, 0.25) is 5.02 Å². The molecule has 3 aliphatic rings. The third-order valence-corrected chi connectivity index (χ3v) is 6.95. The number of carbonyl (C=O) groups is 2. The van der Waals surface area contributed by atoms with Gasteiger partial charge in [-0.2, -0.15) is 0 Å². The minimum Gasteiger partial charge on any atom is -0.497 e. The summed E-state index contributed by atoms with van der Waals surface area (Å²) in [7, 11) is 3.40. The molecule has 2 aromatic rings. The minimum atomic E-state index is -0.458. The lowest BCUT2D eigenvalue weighted by atomic mass is 10.0. The molecule has 3 saturated heterocycles. The van der Waals surface area contributed by atoms with Crippen LogP contribution in [0.3, 0.4) is 0 Å². The standard InChI is InChI=1S/C24H28ClN5O3/c1-15-12-28(18-7-9-19(33-3)10-8-18)23-26-21-20(29(23)13-15)22(31)30(24(32)27(21)2)14-16-5-4-6-17(25)11-16/h4-11,15,20-21,23,26H,12-14H2,1-3H3. The Balaban J connectivity index is 1.44. The highest BCUT2D eigenvalue weighted by atomic mass is 35.5. The number of imide groups is 1. The molecule has 4 atom stereocenters. The molecule has 8 nitrogen and oxygen atoms in total. The summed E-state index contributed by atoms with van der Waals surface area (Å²) in [4.78, 5) is 34.3. The molecule has 0 saturated carbocycles. The maximum Gasteiger partial charge on any atom is 0.328 e. The summed E-state index contributed by atoms with van der Waals surface area (Å²) in [6.07, 6.45) is -0.577. The number of nitrogens with zero attached hydrogens (tertiary/aromatic N) is 4. The van der Waals surface area contributed by atoms with E-state index in [4.69, 9.17) is 16.3 Å². The first-order chi connectivity index (χ1) is 15.9. The molecule has 3 fully saturated rings. The van der Waals surface area contributed by atoms with E-state index in [1.165, 1.54) is 4.90 Å². The third-order valence-electron chi connectivity index (χ3n) is 6.72. The average molecular weight is 470 g/mol. The Labute approximate surface area is 198 Å². The van der Waals surface area contributed by atoms with Crippen LogP contribution in [0.5, 0.6) is 5.75 Å². The normalized spacial score (nSPS) is 27.6. The molecule has 3 amide bonds. The molecule has 0 radical (unpaired) electrons. The molecule has 0 bridgehead atoms. The quantitative estimate of drug-likeness (QED) is 0.742. The van der Waals surface area contributed by atoms with Crippen molar-refractivity contribution in [1.29, 1.82) is 0 Å².